The zero-order valence-corrected chi connectivity index (χ0v) is 19.8. The van der Waals surface area contributed by atoms with Crippen LogP contribution in [-0.4, -0.2) is 81.1 Å². The van der Waals surface area contributed by atoms with Crippen molar-refractivity contribution in [3.63, 3.8) is 0 Å². The smallest absolute Gasteiger partial charge is 0.344 e. The number of carbonyl (C=O) groups is 2. The lowest BCUT2D eigenvalue weighted by Crippen LogP contribution is -2.58. The Labute approximate surface area is 195 Å². The van der Waals surface area contributed by atoms with E-state index in [2.05, 4.69) is 26.3 Å². The number of aromatic nitrogens is 2. The molecule has 1 fully saturated rings. The minimum absolute atomic E-state index is 0.170. The van der Waals surface area contributed by atoms with Crippen LogP contribution >= 0.6 is 23.4 Å². The molecular formula is C20H27ClN6O4S. The third-order valence-corrected chi connectivity index (χ3v) is 7.51. The number of nitrogens with one attached hydrogen (secondary N) is 2. The van der Waals surface area contributed by atoms with Crippen molar-refractivity contribution in [2.24, 2.45) is 0 Å². The number of imidazole rings is 1. The van der Waals surface area contributed by atoms with Crippen LogP contribution in [0.15, 0.2) is 10.6 Å². The highest BCUT2D eigenvalue weighted by atomic mass is 35.5. The van der Waals surface area contributed by atoms with E-state index in [4.69, 9.17) is 21.6 Å². The van der Waals surface area contributed by atoms with Crippen molar-refractivity contribution in [3.8, 4) is 6.07 Å². The summed E-state index contributed by atoms with van der Waals surface area (Å²) in [4.78, 5) is 35.8. The number of amides is 1. The van der Waals surface area contributed by atoms with Crippen molar-refractivity contribution in [1.82, 2.24) is 25.1 Å². The van der Waals surface area contributed by atoms with E-state index in [0.717, 1.165) is 0 Å². The number of halogens is 1. The van der Waals surface area contributed by atoms with E-state index in [-0.39, 0.29) is 29.4 Å². The fourth-order valence-electron chi connectivity index (χ4n) is 3.99. The van der Waals surface area contributed by atoms with Crippen molar-refractivity contribution in [2.75, 3.05) is 26.7 Å². The Balaban J connectivity index is 1.68. The van der Waals surface area contributed by atoms with Crippen LogP contribution in [0.25, 0.3) is 0 Å². The maximum absolute atomic E-state index is 12.7. The minimum Gasteiger partial charge on any atom is -0.477 e. The fraction of sp³-hybridized carbons (Fsp3) is 0.600. The summed E-state index contributed by atoms with van der Waals surface area (Å²) in [6.07, 6.45) is 1.26. The first-order valence-electron chi connectivity index (χ1n) is 10.4. The van der Waals surface area contributed by atoms with Gasteiger partial charge in [-0.2, -0.15) is 5.26 Å². The predicted octanol–water partition coefficient (Wildman–Crippen LogP) is 2.01. The first-order chi connectivity index (χ1) is 15.3. The molecule has 1 aromatic rings. The molecule has 3 N–H and O–H groups in total. The second-order valence-electron chi connectivity index (χ2n) is 7.61. The summed E-state index contributed by atoms with van der Waals surface area (Å²) < 4.78 is 5.67. The first kappa shape index (κ1) is 24.4. The molecule has 1 unspecified atom stereocenters. The number of carbonyl (C=O) groups excluding carboxylic acids is 1. The number of carboxylic acid groups (broad SMARTS) is 1. The van der Waals surface area contributed by atoms with Crippen LogP contribution in [0.1, 0.15) is 43.0 Å². The number of hydrogen-bond donors (Lipinski definition) is 3. The second kappa shape index (κ2) is 10.6. The molecule has 0 aliphatic carbocycles. The summed E-state index contributed by atoms with van der Waals surface area (Å²) >= 11 is 7.32. The Morgan fingerprint density at radius 2 is 2.25 bits per heavy atom. The number of thioether (sulfide) groups is 1. The van der Waals surface area contributed by atoms with E-state index in [9.17, 15) is 14.7 Å². The number of hydrogen-bond acceptors (Lipinski definition) is 8. The topological polar surface area (TPSA) is 135 Å². The molecular weight excluding hydrogens is 456 g/mol. The van der Waals surface area contributed by atoms with Crippen LogP contribution in [0.5, 0.6) is 0 Å². The van der Waals surface area contributed by atoms with Crippen LogP contribution in [-0.2, 0) is 16.0 Å². The van der Waals surface area contributed by atoms with E-state index in [1.165, 1.54) is 11.8 Å². The van der Waals surface area contributed by atoms with Gasteiger partial charge in [0.15, 0.2) is 11.0 Å². The van der Waals surface area contributed by atoms with Crippen LogP contribution in [0, 0.1) is 11.3 Å². The van der Waals surface area contributed by atoms with Crippen molar-refractivity contribution in [3.05, 3.63) is 27.3 Å². The van der Waals surface area contributed by atoms with Gasteiger partial charge in [0.2, 0.25) is 0 Å². The number of carboxylic acids is 1. The average Bonchev–Trinajstić information content (AvgIpc) is 3.32. The van der Waals surface area contributed by atoms with Crippen LogP contribution in [0.4, 0.5) is 0 Å². The third kappa shape index (κ3) is 5.04. The number of methoxy groups -OCH3 is 1. The summed E-state index contributed by atoms with van der Waals surface area (Å²) in [6.45, 7) is 5.27. The summed E-state index contributed by atoms with van der Waals surface area (Å²) in [5, 5.41) is 21.8. The lowest BCUT2D eigenvalue weighted by Gasteiger charge is -2.43. The first-order valence-corrected chi connectivity index (χ1v) is 11.6. The van der Waals surface area contributed by atoms with Gasteiger partial charge in [-0.1, -0.05) is 30.3 Å². The molecule has 1 amide bonds. The number of nitriles is 1. The standard InChI is InChI=1S/C20H27ClN6O4S/c1-4-12-16(21)25-17(23-12)18(28)24-13-6-9-26(10-14(13)31-3)20-27(8-5-7-22)11(2)15(32-20)19(29)30/h13-14,20H,4-6,8-10H2,1-3H3,(H,23,25)(H,24,28)(H,29,30)/t13-,14+,20?/m1/s1. The molecule has 0 saturated carbocycles. The molecule has 32 heavy (non-hydrogen) atoms. The number of piperidine rings is 1. The molecule has 0 spiro atoms. The summed E-state index contributed by atoms with van der Waals surface area (Å²) in [5.74, 6) is -1.14. The predicted molar refractivity (Wildman–Crippen MR) is 120 cm³/mol. The van der Waals surface area contributed by atoms with Gasteiger partial charge in [0.25, 0.3) is 5.91 Å². The largest absolute Gasteiger partial charge is 0.477 e. The van der Waals surface area contributed by atoms with E-state index in [0.29, 0.717) is 60.3 Å². The molecule has 3 heterocycles. The van der Waals surface area contributed by atoms with Gasteiger partial charge in [0.05, 0.1) is 30.3 Å². The molecule has 3 rings (SSSR count). The molecule has 174 valence electrons. The zero-order valence-electron chi connectivity index (χ0n) is 18.2. The molecule has 2 aliphatic heterocycles. The maximum atomic E-state index is 12.7. The highest BCUT2D eigenvalue weighted by Crippen LogP contribution is 2.40. The van der Waals surface area contributed by atoms with E-state index in [1.54, 1.807) is 14.0 Å². The Bertz CT molecular complexity index is 945. The van der Waals surface area contributed by atoms with Crippen LogP contribution in [0.2, 0.25) is 5.15 Å². The summed E-state index contributed by atoms with van der Waals surface area (Å²) in [5.41, 5.74) is 1.14. The van der Waals surface area contributed by atoms with Gasteiger partial charge < -0.3 is 25.0 Å². The number of ether oxygens (including phenoxy) is 1. The summed E-state index contributed by atoms with van der Waals surface area (Å²) in [7, 11) is 1.59. The van der Waals surface area contributed by atoms with Gasteiger partial charge in [0.1, 0.15) is 10.4 Å². The number of aliphatic carboxylic acids is 1. The summed E-state index contributed by atoms with van der Waals surface area (Å²) in [6, 6.07) is 1.89. The maximum Gasteiger partial charge on any atom is 0.344 e. The van der Waals surface area contributed by atoms with Gasteiger partial charge in [-0.25, -0.2) is 9.78 Å². The number of likely N-dealkylation sites (tertiary alicyclic amines) is 1. The Morgan fingerprint density at radius 1 is 1.50 bits per heavy atom. The quantitative estimate of drug-likeness (QED) is 0.508. The molecule has 0 bridgehead atoms. The number of allylic oxidation sites excluding steroid dienone is 1. The Kier molecular flexibility index (Phi) is 8.05. The van der Waals surface area contributed by atoms with Gasteiger partial charge in [-0.3, -0.25) is 9.69 Å². The van der Waals surface area contributed by atoms with Crippen molar-refractivity contribution >= 4 is 35.2 Å². The van der Waals surface area contributed by atoms with Gasteiger partial charge in [-0.15, -0.1) is 0 Å². The number of aromatic amines is 1. The van der Waals surface area contributed by atoms with E-state index >= 15 is 0 Å². The van der Waals surface area contributed by atoms with Gasteiger partial charge >= 0.3 is 5.97 Å². The number of aryl methyl sites for hydroxylation is 1. The lowest BCUT2D eigenvalue weighted by atomic mass is 10.0. The number of nitrogens with zero attached hydrogens (tertiary/aromatic N) is 4. The second-order valence-corrected chi connectivity index (χ2v) is 9.03. The minimum atomic E-state index is -0.967. The third-order valence-electron chi connectivity index (χ3n) is 5.73. The molecule has 0 radical (unpaired) electrons. The van der Waals surface area contributed by atoms with Gasteiger partial charge in [-0.05, 0) is 19.8 Å². The highest BCUT2D eigenvalue weighted by Gasteiger charge is 2.41. The molecule has 1 aromatic heterocycles. The monoisotopic (exact) mass is 482 g/mol. The molecule has 2 aliphatic rings. The van der Waals surface area contributed by atoms with Gasteiger partial charge in [0, 0.05) is 32.4 Å². The van der Waals surface area contributed by atoms with Crippen molar-refractivity contribution in [1.29, 1.82) is 5.26 Å². The fourth-order valence-corrected chi connectivity index (χ4v) is 5.58. The zero-order chi connectivity index (χ0) is 23.4. The molecule has 3 atom stereocenters. The lowest BCUT2D eigenvalue weighted by molar-refractivity contribution is -0.131. The highest BCUT2D eigenvalue weighted by molar-refractivity contribution is 8.04. The Morgan fingerprint density at radius 3 is 2.84 bits per heavy atom. The van der Waals surface area contributed by atoms with Crippen molar-refractivity contribution < 1.29 is 19.4 Å². The molecule has 12 heteroatoms. The van der Waals surface area contributed by atoms with Crippen LogP contribution in [0.3, 0.4) is 0 Å². The van der Waals surface area contributed by atoms with E-state index in [1.807, 2.05) is 11.8 Å². The molecule has 0 aromatic carbocycles. The molecule has 10 nitrogen and oxygen atoms in total. The van der Waals surface area contributed by atoms with E-state index < -0.39 is 5.97 Å². The van der Waals surface area contributed by atoms with Crippen LogP contribution < -0.4 is 5.32 Å². The number of H-pyrrole nitrogens is 1. The average molecular weight is 483 g/mol. The number of rotatable bonds is 8. The normalized spacial score (nSPS) is 24.0. The SMILES string of the molecule is CCc1[nH]c(C(=O)N[C@@H]2CCN(C3SC(C(=O)O)=C(C)N3CCC#N)C[C@@H]2OC)nc1Cl. The van der Waals surface area contributed by atoms with Crippen molar-refractivity contribution in [2.45, 2.75) is 50.8 Å². The molecule has 1 saturated heterocycles. The Hall–Kier alpha value is -2.26.